The molecule has 2 heterocycles. The molecule has 3 N–H and O–H groups in total. The average molecular weight is 493 g/mol. The number of carbonyl (C=O) groups is 1. The van der Waals surface area contributed by atoms with E-state index < -0.39 is 0 Å². The van der Waals surface area contributed by atoms with Crippen molar-refractivity contribution in [2.75, 3.05) is 56.9 Å². The summed E-state index contributed by atoms with van der Waals surface area (Å²) in [6.45, 7) is 10.0. The predicted molar refractivity (Wildman–Crippen MR) is 137 cm³/mol. The fourth-order valence-corrected chi connectivity index (χ4v) is 4.19. The van der Waals surface area contributed by atoms with Gasteiger partial charge in [-0.15, -0.1) is 11.6 Å². The molecule has 0 saturated carbocycles. The van der Waals surface area contributed by atoms with Crippen molar-refractivity contribution in [2.24, 2.45) is 0 Å². The van der Waals surface area contributed by atoms with Crippen LogP contribution in [0.25, 0.3) is 10.9 Å². The minimum atomic E-state index is -0.173. The Balaban J connectivity index is 1.78. The molecule has 1 amide bonds. The molecule has 34 heavy (non-hydrogen) atoms. The highest BCUT2D eigenvalue weighted by molar-refractivity contribution is 6.27. The quantitative estimate of drug-likeness (QED) is 0.342. The van der Waals surface area contributed by atoms with Gasteiger partial charge in [0.05, 0.1) is 19.7 Å². The van der Waals surface area contributed by atoms with Crippen molar-refractivity contribution >= 4 is 40.2 Å². The highest BCUT2D eigenvalue weighted by atomic mass is 35.5. The number of methoxy groups -OCH3 is 2. The van der Waals surface area contributed by atoms with Crippen molar-refractivity contribution in [2.45, 2.75) is 51.6 Å². The van der Waals surface area contributed by atoms with Gasteiger partial charge in [-0.2, -0.15) is 4.98 Å². The Labute approximate surface area is 206 Å². The summed E-state index contributed by atoms with van der Waals surface area (Å²) in [5.41, 5.74) is 0.942. The van der Waals surface area contributed by atoms with Crippen molar-refractivity contribution < 1.29 is 14.3 Å². The molecule has 0 atom stereocenters. The van der Waals surface area contributed by atoms with Crippen molar-refractivity contribution in [3.8, 4) is 11.5 Å². The van der Waals surface area contributed by atoms with Crippen LogP contribution in [-0.4, -0.2) is 78.6 Å². The van der Waals surface area contributed by atoms with Gasteiger partial charge in [-0.1, -0.05) is 0 Å². The summed E-state index contributed by atoms with van der Waals surface area (Å²) >= 11 is 5.51. The first kappa shape index (κ1) is 26.1. The number of amides is 1. The van der Waals surface area contributed by atoms with E-state index in [-0.39, 0.29) is 17.3 Å². The van der Waals surface area contributed by atoms with Gasteiger partial charge >= 0.3 is 0 Å². The van der Waals surface area contributed by atoms with Gasteiger partial charge in [0.25, 0.3) is 0 Å². The van der Waals surface area contributed by atoms with Crippen LogP contribution >= 0.6 is 11.6 Å². The number of hydrogen-bond donors (Lipinski definition) is 3. The van der Waals surface area contributed by atoms with Crippen LogP contribution in [0.2, 0.25) is 0 Å². The number of anilines is 2. The highest BCUT2D eigenvalue weighted by Crippen LogP contribution is 2.35. The van der Waals surface area contributed by atoms with Crippen molar-refractivity contribution in [1.82, 2.24) is 20.2 Å². The molecule has 0 aliphatic carbocycles. The molecule has 1 aliphatic rings. The summed E-state index contributed by atoms with van der Waals surface area (Å²) in [7, 11) is 3.24. The van der Waals surface area contributed by atoms with Gasteiger partial charge in [-0.25, -0.2) is 4.98 Å². The van der Waals surface area contributed by atoms with E-state index in [1.165, 1.54) is 0 Å². The summed E-state index contributed by atoms with van der Waals surface area (Å²) in [5.74, 6) is 2.36. The van der Waals surface area contributed by atoms with Gasteiger partial charge in [-0.3, -0.25) is 9.69 Å². The number of carbonyl (C=O) groups excluding carboxylic acids is 1. The normalized spacial score (nSPS) is 15.2. The second-order valence-electron chi connectivity index (χ2n) is 9.46. The molecule has 1 aromatic carbocycles. The third kappa shape index (κ3) is 6.76. The first-order valence-electron chi connectivity index (χ1n) is 11.8. The standard InChI is InChI=1S/C24H37ClN6O3/c1-24(2,3)31-11-7-16(8-12-31)28-22-17-13-19(33-4)20(34-5)14-18(17)29-23(30-22)27-10-6-9-26-21(32)15-25/h13-14,16H,6-12,15H2,1-5H3,(H,26,32)(H2,27,28,29,30). The third-order valence-electron chi connectivity index (χ3n) is 6.07. The Hall–Kier alpha value is -2.52. The topological polar surface area (TPSA) is 101 Å². The van der Waals surface area contributed by atoms with Crippen molar-refractivity contribution in [3.63, 3.8) is 0 Å². The minimum absolute atomic E-state index is 0.0315. The maximum atomic E-state index is 11.3. The summed E-state index contributed by atoms with van der Waals surface area (Å²) in [4.78, 5) is 23.3. The van der Waals surface area contributed by atoms with Gasteiger partial charge < -0.3 is 25.4 Å². The zero-order valence-electron chi connectivity index (χ0n) is 20.8. The Morgan fingerprint density at radius 3 is 2.41 bits per heavy atom. The first-order valence-corrected chi connectivity index (χ1v) is 12.3. The second kappa shape index (κ2) is 11.8. The molecule has 2 aromatic rings. The minimum Gasteiger partial charge on any atom is -0.493 e. The molecular formula is C24H37ClN6O3. The van der Waals surface area contributed by atoms with Crippen LogP contribution in [0.4, 0.5) is 11.8 Å². The zero-order valence-corrected chi connectivity index (χ0v) is 21.6. The SMILES string of the molecule is COc1cc2nc(NCCCNC(=O)CCl)nc(NC3CCN(C(C)(C)C)CC3)c2cc1OC. The van der Waals surface area contributed by atoms with E-state index in [1.54, 1.807) is 14.2 Å². The Kier molecular flexibility index (Phi) is 9.02. The van der Waals surface area contributed by atoms with Gasteiger partial charge in [0.1, 0.15) is 11.7 Å². The molecule has 1 fully saturated rings. The Bertz CT molecular complexity index is 973. The number of nitrogens with one attached hydrogen (secondary N) is 3. The van der Waals surface area contributed by atoms with E-state index in [1.807, 2.05) is 12.1 Å². The smallest absolute Gasteiger partial charge is 0.234 e. The number of fused-ring (bicyclic) bond motifs is 1. The lowest BCUT2D eigenvalue weighted by atomic mass is 9.98. The van der Waals surface area contributed by atoms with E-state index in [4.69, 9.17) is 31.0 Å². The summed E-state index contributed by atoms with van der Waals surface area (Å²) < 4.78 is 11.0. The third-order valence-corrected chi connectivity index (χ3v) is 6.31. The highest BCUT2D eigenvalue weighted by Gasteiger charge is 2.27. The number of halogens is 1. The number of benzene rings is 1. The number of ether oxygens (including phenoxy) is 2. The van der Waals surface area contributed by atoms with Crippen LogP contribution in [0, 0.1) is 0 Å². The molecule has 0 radical (unpaired) electrons. The summed E-state index contributed by atoms with van der Waals surface area (Å²) in [6.07, 6.45) is 2.81. The summed E-state index contributed by atoms with van der Waals surface area (Å²) in [6, 6.07) is 4.12. The van der Waals surface area contributed by atoms with Crippen LogP contribution in [0.5, 0.6) is 11.5 Å². The lowest BCUT2D eigenvalue weighted by Crippen LogP contribution is -2.48. The molecule has 0 spiro atoms. The number of alkyl halides is 1. The molecule has 1 saturated heterocycles. The molecule has 0 bridgehead atoms. The predicted octanol–water partition coefficient (Wildman–Crippen LogP) is 3.48. The Morgan fingerprint density at radius 2 is 1.79 bits per heavy atom. The van der Waals surface area contributed by atoms with Crippen molar-refractivity contribution in [1.29, 1.82) is 0 Å². The molecule has 10 heteroatoms. The second-order valence-corrected chi connectivity index (χ2v) is 9.73. The van der Waals surface area contributed by atoms with Crippen LogP contribution in [-0.2, 0) is 4.79 Å². The van der Waals surface area contributed by atoms with Crippen LogP contribution in [0.15, 0.2) is 12.1 Å². The molecule has 188 valence electrons. The molecular weight excluding hydrogens is 456 g/mol. The van der Waals surface area contributed by atoms with Crippen LogP contribution in [0.1, 0.15) is 40.0 Å². The number of aromatic nitrogens is 2. The molecule has 1 aliphatic heterocycles. The van der Waals surface area contributed by atoms with E-state index in [0.29, 0.717) is 36.6 Å². The largest absolute Gasteiger partial charge is 0.493 e. The Morgan fingerprint density at radius 1 is 1.12 bits per heavy atom. The van der Waals surface area contributed by atoms with Crippen molar-refractivity contribution in [3.05, 3.63) is 12.1 Å². The van der Waals surface area contributed by atoms with E-state index >= 15 is 0 Å². The molecule has 3 rings (SSSR count). The molecule has 0 unspecified atom stereocenters. The number of nitrogens with zero attached hydrogens (tertiary/aromatic N) is 3. The number of likely N-dealkylation sites (tertiary alicyclic amines) is 1. The fraction of sp³-hybridized carbons (Fsp3) is 0.625. The summed E-state index contributed by atoms with van der Waals surface area (Å²) in [5, 5.41) is 10.6. The molecule has 9 nitrogen and oxygen atoms in total. The number of hydrogen-bond acceptors (Lipinski definition) is 8. The van der Waals surface area contributed by atoms with Gasteiger partial charge in [0.2, 0.25) is 11.9 Å². The van der Waals surface area contributed by atoms with Gasteiger partial charge in [0.15, 0.2) is 11.5 Å². The first-order chi connectivity index (χ1) is 16.2. The van der Waals surface area contributed by atoms with Crippen LogP contribution in [0.3, 0.4) is 0 Å². The van der Waals surface area contributed by atoms with Crippen LogP contribution < -0.4 is 25.4 Å². The fourth-order valence-electron chi connectivity index (χ4n) is 4.10. The monoisotopic (exact) mass is 492 g/mol. The maximum Gasteiger partial charge on any atom is 0.234 e. The number of rotatable bonds is 10. The van der Waals surface area contributed by atoms with E-state index in [0.717, 1.165) is 49.1 Å². The van der Waals surface area contributed by atoms with Gasteiger partial charge in [0, 0.05) is 49.2 Å². The zero-order chi connectivity index (χ0) is 24.7. The lowest BCUT2D eigenvalue weighted by Gasteiger charge is -2.41. The average Bonchev–Trinajstić information content (AvgIpc) is 2.82. The van der Waals surface area contributed by atoms with E-state index in [9.17, 15) is 4.79 Å². The van der Waals surface area contributed by atoms with Gasteiger partial charge in [-0.05, 0) is 46.1 Å². The van der Waals surface area contributed by atoms with E-state index in [2.05, 4.69) is 41.6 Å². The lowest BCUT2D eigenvalue weighted by molar-refractivity contribution is -0.118. The maximum absolute atomic E-state index is 11.3. The number of piperidine rings is 1. The molecule has 1 aromatic heterocycles.